The van der Waals surface area contributed by atoms with Gasteiger partial charge in [-0.05, 0) is 54.3 Å². The smallest absolute Gasteiger partial charge is 0.324 e. The zero-order valence-corrected chi connectivity index (χ0v) is 20.2. The first-order valence-corrected chi connectivity index (χ1v) is 12.5. The Kier molecular flexibility index (Phi) is 6.70. The van der Waals surface area contributed by atoms with Crippen LogP contribution < -0.4 is 4.90 Å². The Morgan fingerprint density at radius 3 is 2.46 bits per heavy atom. The minimum atomic E-state index is 0.0512. The van der Waals surface area contributed by atoms with Crippen LogP contribution in [0.2, 0.25) is 0 Å². The van der Waals surface area contributed by atoms with Crippen LogP contribution in [0.3, 0.4) is 0 Å². The van der Waals surface area contributed by atoms with Gasteiger partial charge < -0.3 is 14.6 Å². The maximum atomic E-state index is 13.4. The molecule has 0 spiro atoms. The molecule has 1 N–H and O–H groups in total. The highest BCUT2D eigenvalue weighted by Gasteiger charge is 2.27. The van der Waals surface area contributed by atoms with Gasteiger partial charge in [0.15, 0.2) is 0 Å². The largest absolute Gasteiger partial charge is 0.508 e. The quantitative estimate of drug-likeness (QED) is 0.347. The number of phenolic OH excluding ortho intramolecular Hbond substituents is 1. The summed E-state index contributed by atoms with van der Waals surface area (Å²) < 4.78 is 2.26. The van der Waals surface area contributed by atoms with E-state index in [1.807, 2.05) is 52.3 Å². The maximum Gasteiger partial charge on any atom is 0.324 e. The Bertz CT molecular complexity index is 1300. The van der Waals surface area contributed by atoms with E-state index < -0.39 is 0 Å². The highest BCUT2D eigenvalue weighted by Crippen LogP contribution is 2.28. The number of urea groups is 1. The second-order valence-corrected chi connectivity index (χ2v) is 9.25. The van der Waals surface area contributed by atoms with Gasteiger partial charge in [-0.1, -0.05) is 55.8 Å². The van der Waals surface area contributed by atoms with Crippen molar-refractivity contribution in [3.8, 4) is 5.75 Å². The molecule has 1 aliphatic rings. The van der Waals surface area contributed by atoms with Gasteiger partial charge in [-0.15, -0.1) is 0 Å². The molecule has 5 rings (SSSR count). The molecule has 3 aromatic carbocycles. The van der Waals surface area contributed by atoms with Crippen molar-refractivity contribution in [2.45, 2.75) is 45.7 Å². The summed E-state index contributed by atoms with van der Waals surface area (Å²) in [6.45, 7) is 4.97. The summed E-state index contributed by atoms with van der Waals surface area (Å²) in [5.41, 5.74) is 5.15. The van der Waals surface area contributed by atoms with Crippen LogP contribution in [0.15, 0.2) is 72.8 Å². The molecule has 2 amide bonds. The summed E-state index contributed by atoms with van der Waals surface area (Å²) in [4.78, 5) is 22.2. The maximum absolute atomic E-state index is 13.4. The molecule has 0 unspecified atom stereocenters. The van der Waals surface area contributed by atoms with Crippen LogP contribution in [0.1, 0.15) is 43.1 Å². The molecule has 0 atom stereocenters. The second kappa shape index (κ2) is 10.2. The average molecular weight is 469 g/mol. The van der Waals surface area contributed by atoms with Crippen molar-refractivity contribution in [1.29, 1.82) is 0 Å². The van der Waals surface area contributed by atoms with Gasteiger partial charge in [0.1, 0.15) is 11.6 Å². The molecule has 0 saturated carbocycles. The third-order valence-electron chi connectivity index (χ3n) is 6.68. The third-order valence-corrected chi connectivity index (χ3v) is 6.68. The summed E-state index contributed by atoms with van der Waals surface area (Å²) in [6, 6.07) is 23.7. The number of rotatable bonds is 8. The van der Waals surface area contributed by atoms with Crippen LogP contribution in [-0.4, -0.2) is 38.7 Å². The van der Waals surface area contributed by atoms with Crippen molar-refractivity contribution in [2.75, 3.05) is 18.0 Å². The van der Waals surface area contributed by atoms with E-state index in [4.69, 9.17) is 4.98 Å². The van der Waals surface area contributed by atoms with Crippen molar-refractivity contribution < 1.29 is 9.90 Å². The fourth-order valence-electron chi connectivity index (χ4n) is 4.79. The number of nitrogens with zero attached hydrogens (tertiary/aromatic N) is 4. The zero-order valence-electron chi connectivity index (χ0n) is 20.2. The van der Waals surface area contributed by atoms with Crippen LogP contribution in [0.4, 0.5) is 10.5 Å². The lowest BCUT2D eigenvalue weighted by Crippen LogP contribution is -2.49. The fraction of sp³-hybridized carbons (Fsp3) is 0.310. The highest BCUT2D eigenvalue weighted by atomic mass is 16.3. The number of imidazole rings is 1. The number of carbonyl (C=O) groups is 1. The van der Waals surface area contributed by atoms with Crippen molar-refractivity contribution in [1.82, 2.24) is 14.5 Å². The van der Waals surface area contributed by atoms with E-state index in [0.717, 1.165) is 65.9 Å². The number of fused-ring (bicyclic) bond motifs is 1. The lowest BCUT2D eigenvalue weighted by molar-refractivity contribution is 0.192. The normalized spacial score (nSPS) is 14.1. The predicted octanol–water partition coefficient (Wildman–Crippen LogP) is 5.97. The minimum Gasteiger partial charge on any atom is -0.508 e. The molecule has 1 aliphatic heterocycles. The predicted molar refractivity (Wildman–Crippen MR) is 140 cm³/mol. The summed E-state index contributed by atoms with van der Waals surface area (Å²) in [7, 11) is 0. The van der Waals surface area contributed by atoms with Gasteiger partial charge in [0.05, 0.1) is 11.0 Å². The van der Waals surface area contributed by atoms with Crippen LogP contribution in [-0.2, 0) is 19.5 Å². The molecule has 1 fully saturated rings. The van der Waals surface area contributed by atoms with Gasteiger partial charge in [0, 0.05) is 38.3 Å². The van der Waals surface area contributed by atoms with E-state index in [1.54, 1.807) is 12.1 Å². The van der Waals surface area contributed by atoms with Gasteiger partial charge in [-0.25, -0.2) is 9.78 Å². The van der Waals surface area contributed by atoms with Crippen LogP contribution in [0.25, 0.3) is 11.0 Å². The van der Waals surface area contributed by atoms with Crippen LogP contribution in [0.5, 0.6) is 5.75 Å². The number of aryl methyl sites for hydroxylation is 1. The first kappa shape index (κ1) is 23.0. The lowest BCUT2D eigenvalue weighted by Gasteiger charge is -2.35. The summed E-state index contributed by atoms with van der Waals surface area (Å²) >= 11 is 0. The van der Waals surface area contributed by atoms with E-state index in [-0.39, 0.29) is 11.8 Å². The Morgan fingerprint density at radius 2 is 1.69 bits per heavy atom. The van der Waals surface area contributed by atoms with E-state index in [2.05, 4.69) is 29.7 Å². The van der Waals surface area contributed by atoms with E-state index in [1.165, 1.54) is 0 Å². The standard InChI is InChI=1S/C29H32N4O2/c1-2-3-10-28-30-26-16-13-24(19-27(26)33(28)21-23-11-14-25(34)15-12-23)32-18-7-17-31(29(32)35)20-22-8-5-4-6-9-22/h4-6,8-9,11-16,19,34H,2-3,7,10,17-18,20-21H2,1H3. The molecule has 35 heavy (non-hydrogen) atoms. The number of phenols is 1. The Labute approximate surface area is 206 Å². The van der Waals surface area contributed by atoms with E-state index in [0.29, 0.717) is 19.6 Å². The summed E-state index contributed by atoms with van der Waals surface area (Å²) in [5.74, 6) is 1.32. The average Bonchev–Trinajstić information content (AvgIpc) is 3.22. The van der Waals surface area contributed by atoms with Gasteiger partial charge in [0.2, 0.25) is 0 Å². The molecule has 4 aromatic rings. The molecule has 0 bridgehead atoms. The highest BCUT2D eigenvalue weighted by molar-refractivity contribution is 5.95. The molecule has 0 aliphatic carbocycles. The number of anilines is 1. The van der Waals surface area contributed by atoms with Crippen molar-refractivity contribution in [3.05, 3.63) is 89.7 Å². The number of hydrogen-bond donors (Lipinski definition) is 1. The second-order valence-electron chi connectivity index (χ2n) is 9.25. The van der Waals surface area contributed by atoms with Crippen molar-refractivity contribution in [3.63, 3.8) is 0 Å². The molecule has 1 aromatic heterocycles. The Balaban J connectivity index is 1.46. The molecular weight excluding hydrogens is 436 g/mol. The number of amides is 2. The molecule has 2 heterocycles. The topological polar surface area (TPSA) is 61.6 Å². The number of hydrogen-bond acceptors (Lipinski definition) is 3. The van der Waals surface area contributed by atoms with Gasteiger partial charge in [-0.2, -0.15) is 0 Å². The monoisotopic (exact) mass is 468 g/mol. The van der Waals surface area contributed by atoms with Crippen LogP contribution in [0, 0.1) is 0 Å². The third kappa shape index (κ3) is 5.02. The first-order valence-electron chi connectivity index (χ1n) is 12.5. The fourth-order valence-corrected chi connectivity index (χ4v) is 4.79. The summed E-state index contributed by atoms with van der Waals surface area (Å²) in [5, 5.41) is 9.68. The zero-order chi connectivity index (χ0) is 24.2. The lowest BCUT2D eigenvalue weighted by atomic mass is 10.1. The van der Waals surface area contributed by atoms with E-state index >= 15 is 0 Å². The molecule has 6 heteroatoms. The van der Waals surface area contributed by atoms with E-state index in [9.17, 15) is 9.90 Å². The number of unbranched alkanes of at least 4 members (excludes halogenated alkanes) is 1. The van der Waals surface area contributed by atoms with Crippen molar-refractivity contribution >= 4 is 22.8 Å². The van der Waals surface area contributed by atoms with Crippen LogP contribution >= 0.6 is 0 Å². The number of benzene rings is 3. The number of aromatic nitrogens is 2. The number of carbonyl (C=O) groups excluding carboxylic acids is 1. The Morgan fingerprint density at radius 1 is 0.914 bits per heavy atom. The summed E-state index contributed by atoms with van der Waals surface area (Å²) in [6.07, 6.45) is 4.02. The first-order chi connectivity index (χ1) is 17.1. The molecular formula is C29H32N4O2. The van der Waals surface area contributed by atoms with Gasteiger partial charge >= 0.3 is 6.03 Å². The molecule has 0 radical (unpaired) electrons. The van der Waals surface area contributed by atoms with Crippen molar-refractivity contribution in [2.24, 2.45) is 0 Å². The molecule has 6 nitrogen and oxygen atoms in total. The van der Waals surface area contributed by atoms with Gasteiger partial charge in [-0.3, -0.25) is 4.90 Å². The molecule has 1 saturated heterocycles. The number of aromatic hydroxyl groups is 1. The molecule has 180 valence electrons. The van der Waals surface area contributed by atoms with Gasteiger partial charge in [0.25, 0.3) is 0 Å². The Hall–Kier alpha value is -3.80. The SMILES string of the molecule is CCCCc1nc2ccc(N3CCCN(Cc4ccccc4)C3=O)cc2n1Cc1ccc(O)cc1. The minimum absolute atomic E-state index is 0.0512.